The molecule has 2 aliphatic heterocycles. The SMILES string of the molecule is CC(C)[C@@H]1CC(=O)Cc2ccc(Cl)cc2Nc2ncnc3cc(O)c(cc23)OCCCNC1=O.CC(C)[C@@H]1CC(=O)Cc2ccc(Cl)cc2Nc2ncnc3cc(OCC[18F])c(cc23)OCCCNC1=O.CCCOS(=O)(=O)c1ccc(C)cc1.Cc1ccc(S(=O)(=O)OCC[18F])cc1.II. The number of anilines is 4. The molecule has 0 unspecified atom stereocenters. The lowest BCUT2D eigenvalue weighted by molar-refractivity contribution is -0.130. The van der Waals surface area contributed by atoms with E-state index in [1.807, 2.05) is 48.5 Å². The second kappa shape index (κ2) is 41.2. The molecule has 544 valence electrons. The molecule has 30 heteroatoms. The van der Waals surface area contributed by atoms with E-state index in [2.05, 4.69) is 82.6 Å². The molecule has 0 fully saturated rings. The number of Topliss-reactive ketones (excluding diaryl/α,β-unsaturated/α-hetero) is 2. The first kappa shape index (κ1) is 82.8. The number of nitrogens with zero attached hydrogens (tertiary/aromatic N) is 4. The van der Waals surface area contributed by atoms with Crippen molar-refractivity contribution in [2.75, 3.05) is 70.1 Å². The molecule has 5 N–H and O–H groups in total. The highest BCUT2D eigenvalue weighted by molar-refractivity contribution is 15.0. The highest BCUT2D eigenvalue weighted by Gasteiger charge is 2.28. The van der Waals surface area contributed by atoms with Crippen LogP contribution in [0.5, 0.6) is 23.0 Å². The lowest BCUT2D eigenvalue weighted by Gasteiger charge is -2.20. The van der Waals surface area contributed by atoms with Crippen molar-refractivity contribution in [2.45, 2.75) is 103 Å². The Morgan fingerprint density at radius 1 is 0.584 bits per heavy atom. The molecule has 6 aromatic carbocycles. The smallest absolute Gasteiger partial charge is 0.297 e. The summed E-state index contributed by atoms with van der Waals surface area (Å²) in [5, 5.41) is 25.1. The summed E-state index contributed by atoms with van der Waals surface area (Å²) in [6.07, 6.45) is 5.13. The van der Waals surface area contributed by atoms with E-state index in [1.54, 1.807) is 91.0 Å². The van der Waals surface area contributed by atoms with Crippen molar-refractivity contribution in [1.82, 2.24) is 30.6 Å². The van der Waals surface area contributed by atoms with Crippen LogP contribution in [0.2, 0.25) is 10.0 Å². The molecule has 2 aliphatic rings. The predicted molar refractivity (Wildman–Crippen MR) is 404 cm³/mol. The van der Waals surface area contributed by atoms with E-state index in [9.17, 15) is 49.9 Å². The molecule has 0 aliphatic carbocycles. The van der Waals surface area contributed by atoms with E-state index < -0.39 is 52.0 Å². The van der Waals surface area contributed by atoms with Gasteiger partial charge in [-0.1, -0.05) is 105 Å². The lowest BCUT2D eigenvalue weighted by Crippen LogP contribution is -2.36. The van der Waals surface area contributed by atoms with Crippen molar-refractivity contribution in [3.05, 3.63) is 154 Å². The number of hydrogen-bond donors (Lipinski definition) is 5. The van der Waals surface area contributed by atoms with Gasteiger partial charge in [-0.25, -0.2) is 28.7 Å². The quantitative estimate of drug-likeness (QED) is 0.0529. The van der Waals surface area contributed by atoms with Gasteiger partial charge in [0.05, 0.1) is 47.3 Å². The third kappa shape index (κ3) is 25.6. The molecule has 0 radical (unpaired) electrons. The number of amides is 2. The fourth-order valence-corrected chi connectivity index (χ4v) is 12.3. The molecule has 101 heavy (non-hydrogen) atoms. The molecule has 8 aromatic rings. The number of aromatic hydroxyl groups is 1. The third-order valence-electron chi connectivity index (χ3n) is 15.5. The highest BCUT2D eigenvalue weighted by Crippen LogP contribution is 2.38. The average molecular weight is 1700 g/mol. The Balaban J connectivity index is 0.000000229. The van der Waals surface area contributed by atoms with Gasteiger partial charge in [-0.05, 0) is 117 Å². The Morgan fingerprint density at radius 3 is 1.45 bits per heavy atom. The molecule has 0 saturated heterocycles. The van der Waals surface area contributed by atoms with Crippen LogP contribution in [0.25, 0.3) is 21.8 Å². The second-order valence-electron chi connectivity index (χ2n) is 23.9. The molecular weight excluding hydrogens is 1610 g/mol. The number of fused-ring (bicyclic) bond motifs is 4. The zero-order chi connectivity index (χ0) is 73.8. The standard InChI is InChI=1S/C27H30ClFN4O4.C25H27ClN4O4.C10H14O3S.C9H11FO3S.I2/c1-16(2)20-12-19(34)10-17-4-5-18(28)11-22(17)33-26-21-13-24(36-8-3-7-30-27(20)35)25(37-9-6-29)14-23(21)31-15-32-26;1-14(2)18-10-17(31)8-15-4-5-16(26)9-20(15)30-24-19-11-23(34-7-3-6-27-25(18)33)22(32)12-21(19)28-13-29-24;1-3-8-13-14(11,12)10-6-4-9(2)5-7-10;1-8-2-4-9(5-3-8)14(11,12)13-7-6-10;1-2/h4-5,11,13-16,20H,3,6-10,12H2,1-2H3,(H,30,35)(H,31,32,33);4-5,9,11-14,18,32H,3,6-8,10H2,1-2H3,(H,27,33)(H,28,29,30);4-7H,3,8H2,1-2H3;2-5H,6-7H2,1H3;/t20-;18-;;;/m00.../s1/i29-1;;;10-1;. The monoisotopic (exact) mass is 1690 g/mol. The summed E-state index contributed by atoms with van der Waals surface area (Å²) in [5.41, 5.74) is 5.81. The first-order valence-corrected chi connectivity index (χ1v) is 42.2. The number of rotatable bonds is 13. The van der Waals surface area contributed by atoms with Crippen LogP contribution in [0.15, 0.2) is 132 Å². The van der Waals surface area contributed by atoms with Gasteiger partial charge in [-0.2, -0.15) is 16.8 Å². The second-order valence-corrected chi connectivity index (χ2v) is 28.0. The summed E-state index contributed by atoms with van der Waals surface area (Å²) in [4.78, 5) is 69.3. The van der Waals surface area contributed by atoms with Gasteiger partial charge in [0.1, 0.15) is 55.8 Å². The van der Waals surface area contributed by atoms with Crippen molar-refractivity contribution in [3.63, 3.8) is 0 Å². The summed E-state index contributed by atoms with van der Waals surface area (Å²) >= 11 is 16.8. The molecule has 22 nitrogen and oxygen atoms in total. The van der Waals surface area contributed by atoms with Crippen LogP contribution in [-0.4, -0.2) is 125 Å². The maximum absolute atomic E-state index is 13.1. The van der Waals surface area contributed by atoms with Crippen LogP contribution in [0.1, 0.15) is 89.0 Å². The van der Waals surface area contributed by atoms with Crippen molar-refractivity contribution in [2.24, 2.45) is 23.7 Å². The first-order valence-electron chi connectivity index (χ1n) is 32.3. The largest absolute Gasteiger partial charge is 0.504 e. The van der Waals surface area contributed by atoms with Gasteiger partial charge < -0.3 is 40.6 Å². The topological polar surface area (TPSA) is 303 Å². The first-order chi connectivity index (χ1) is 48.3. The number of alkyl halides is 2. The Hall–Kier alpha value is -7.20. The Bertz CT molecular complexity index is 4250. The zero-order valence-electron chi connectivity index (χ0n) is 56.8. The number of ketones is 2. The van der Waals surface area contributed by atoms with Crippen molar-refractivity contribution in [1.29, 1.82) is 0 Å². The Morgan fingerprint density at radius 2 is 1.01 bits per heavy atom. The summed E-state index contributed by atoms with van der Waals surface area (Å²) in [7, 11) is -7.32. The minimum absolute atomic E-state index is 0.00362. The van der Waals surface area contributed by atoms with Crippen LogP contribution in [0.3, 0.4) is 0 Å². The summed E-state index contributed by atoms with van der Waals surface area (Å²) in [5.74, 6) is 0.788. The van der Waals surface area contributed by atoms with Gasteiger partial charge in [0.15, 0.2) is 23.0 Å². The van der Waals surface area contributed by atoms with Crippen LogP contribution in [0.4, 0.5) is 31.8 Å². The number of phenols is 1. The van der Waals surface area contributed by atoms with E-state index in [1.165, 1.54) is 30.9 Å². The van der Waals surface area contributed by atoms with Gasteiger partial charge in [-0.15, -0.1) is 0 Å². The van der Waals surface area contributed by atoms with E-state index in [0.29, 0.717) is 111 Å². The minimum atomic E-state index is -3.78. The van der Waals surface area contributed by atoms with Crippen LogP contribution < -0.4 is 35.5 Å². The molecule has 2 atom stereocenters. The van der Waals surface area contributed by atoms with Gasteiger partial charge in [-0.3, -0.25) is 27.5 Å². The summed E-state index contributed by atoms with van der Waals surface area (Å²) in [6.45, 7) is 13.0. The normalized spacial score (nSPS) is 15.4. The van der Waals surface area contributed by atoms with E-state index >= 15 is 0 Å². The number of ether oxygens (including phenoxy) is 3. The fraction of sp³-hybridized carbons (Fsp3) is 0.380. The molecular formula is C71H82Cl2F2I2N8O14S2. The van der Waals surface area contributed by atoms with E-state index in [4.69, 9.17) is 41.6 Å². The number of aryl methyl sites for hydroxylation is 2. The molecule has 2 amide bonds. The van der Waals surface area contributed by atoms with E-state index in [-0.39, 0.29) is 96.3 Å². The van der Waals surface area contributed by atoms with Crippen LogP contribution >= 0.6 is 60.4 Å². The van der Waals surface area contributed by atoms with Gasteiger partial charge in [0.25, 0.3) is 20.2 Å². The number of benzene rings is 6. The molecule has 0 spiro atoms. The minimum Gasteiger partial charge on any atom is -0.504 e. The molecule has 0 saturated carbocycles. The van der Waals surface area contributed by atoms with Crippen molar-refractivity contribution < 1.29 is 72.5 Å². The third-order valence-corrected chi connectivity index (χ3v) is 18.6. The van der Waals surface area contributed by atoms with Crippen LogP contribution in [0, 0.1) is 37.5 Å². The van der Waals surface area contributed by atoms with E-state index in [0.717, 1.165) is 22.3 Å². The number of aromatic nitrogens is 4. The van der Waals surface area contributed by atoms with Gasteiger partial charge >= 0.3 is 0 Å². The highest BCUT2D eigenvalue weighted by atomic mass is 128. The fourth-order valence-electron chi connectivity index (χ4n) is 10.1. The maximum atomic E-state index is 13.1. The lowest BCUT2D eigenvalue weighted by atomic mass is 9.88. The van der Waals surface area contributed by atoms with Crippen molar-refractivity contribution in [3.8, 4) is 23.0 Å². The number of halogens is 6. The molecule has 10 rings (SSSR count). The molecule has 4 bridgehead atoms. The molecule has 4 heterocycles. The number of phenolic OH excluding ortho intramolecular Hbond substituents is 1. The Labute approximate surface area is 621 Å². The van der Waals surface area contributed by atoms with Crippen LogP contribution in [-0.2, 0) is 60.6 Å². The predicted octanol–water partition coefficient (Wildman–Crippen LogP) is 15.0. The maximum Gasteiger partial charge on any atom is 0.297 e. The summed E-state index contributed by atoms with van der Waals surface area (Å²) in [6, 6.07) is 29.9. The molecule has 2 aromatic heterocycles. The average Bonchev–Trinajstić information content (AvgIpc) is 0.972. The van der Waals surface area contributed by atoms with Crippen molar-refractivity contribution >= 4 is 149 Å². The number of carbonyl (C=O) groups excluding carboxylic acids is 4. The summed E-state index contributed by atoms with van der Waals surface area (Å²) < 4.78 is 96.7. The van der Waals surface area contributed by atoms with Gasteiger partial charge in [0.2, 0.25) is 11.8 Å². The Kier molecular flexibility index (Phi) is 33.7. The number of hydrogen-bond acceptors (Lipinski definition) is 20. The number of nitrogens with one attached hydrogen (secondary N) is 4. The van der Waals surface area contributed by atoms with Gasteiger partial charge in [0, 0.05) is 132 Å². The zero-order valence-corrected chi connectivity index (χ0v) is 64.3. The number of carbonyl (C=O) groups is 4.